The van der Waals surface area contributed by atoms with Gasteiger partial charge in [0.2, 0.25) is 15.8 Å². The number of nitrogens with one attached hydrogen (secondary N) is 1. The highest BCUT2D eigenvalue weighted by Gasteiger charge is 2.36. The molecule has 6 nitrogen and oxygen atoms in total. The van der Waals surface area contributed by atoms with Crippen LogP contribution < -0.4 is 4.72 Å². The van der Waals surface area contributed by atoms with Crippen LogP contribution in [0.4, 0.5) is 0 Å². The maximum absolute atomic E-state index is 12.5. The Hall–Kier alpha value is -0.860. The number of hydrogen-bond acceptors (Lipinski definition) is 4. The topological polar surface area (TPSA) is 96.6 Å². The average Bonchev–Trinajstić information content (AvgIpc) is 2.75. The third-order valence-electron chi connectivity index (χ3n) is 3.96. The van der Waals surface area contributed by atoms with Crippen LogP contribution >= 0.6 is 15.9 Å². The first-order chi connectivity index (χ1) is 9.63. The van der Waals surface area contributed by atoms with Crippen molar-refractivity contribution in [1.29, 1.82) is 0 Å². The third-order valence-corrected chi connectivity index (χ3v) is 6.29. The second-order valence-electron chi connectivity index (χ2n) is 5.96. The predicted octanol–water partition coefficient (Wildman–Crippen LogP) is 2.99. The molecule has 1 aromatic heterocycles. The quantitative estimate of drug-likeness (QED) is 0.837. The summed E-state index contributed by atoms with van der Waals surface area (Å²) >= 11 is 2.97. The molecule has 0 bridgehead atoms. The van der Waals surface area contributed by atoms with Crippen molar-refractivity contribution in [1.82, 2.24) is 4.72 Å². The second-order valence-corrected chi connectivity index (χ2v) is 8.36. The van der Waals surface area contributed by atoms with Crippen molar-refractivity contribution < 1.29 is 22.7 Å². The lowest BCUT2D eigenvalue weighted by molar-refractivity contribution is 0.0661. The van der Waals surface area contributed by atoms with Gasteiger partial charge in [0, 0.05) is 12.1 Å². The van der Waals surface area contributed by atoms with Crippen LogP contribution in [0.1, 0.15) is 50.1 Å². The molecule has 1 aliphatic rings. The number of carboxylic acids is 1. The Morgan fingerprint density at radius 3 is 2.67 bits per heavy atom. The van der Waals surface area contributed by atoms with Gasteiger partial charge in [0.15, 0.2) is 4.67 Å². The molecular formula is C13H18BrNO5S. The molecule has 1 atom stereocenters. The van der Waals surface area contributed by atoms with Gasteiger partial charge >= 0.3 is 5.97 Å². The van der Waals surface area contributed by atoms with Gasteiger partial charge in [-0.2, -0.15) is 0 Å². The number of rotatable bonds is 4. The Balaban J connectivity index is 2.28. The molecular weight excluding hydrogens is 362 g/mol. The van der Waals surface area contributed by atoms with Crippen molar-refractivity contribution in [2.45, 2.75) is 50.5 Å². The Morgan fingerprint density at radius 1 is 1.48 bits per heavy atom. The molecule has 1 aliphatic carbocycles. The number of halogens is 1. The first kappa shape index (κ1) is 16.5. The fourth-order valence-corrected chi connectivity index (χ4v) is 4.99. The third kappa shape index (κ3) is 3.49. The van der Waals surface area contributed by atoms with Crippen molar-refractivity contribution in [2.75, 3.05) is 0 Å². The Labute approximate surface area is 132 Å². The molecule has 0 amide bonds. The Bertz CT molecular complexity index is 650. The van der Waals surface area contributed by atoms with Crippen LogP contribution in [0.3, 0.4) is 0 Å². The maximum Gasteiger partial charge on any atom is 0.371 e. The zero-order chi connectivity index (χ0) is 15.8. The molecule has 8 heteroatoms. The van der Waals surface area contributed by atoms with E-state index in [-0.39, 0.29) is 21.0 Å². The number of sulfonamides is 1. The smallest absolute Gasteiger partial charge is 0.371 e. The lowest BCUT2D eigenvalue weighted by Crippen LogP contribution is -2.46. The highest BCUT2D eigenvalue weighted by Crippen LogP contribution is 2.37. The van der Waals surface area contributed by atoms with Gasteiger partial charge in [-0.1, -0.05) is 26.7 Å². The van der Waals surface area contributed by atoms with Crippen LogP contribution in [0, 0.1) is 5.41 Å². The van der Waals surface area contributed by atoms with Gasteiger partial charge in [-0.3, -0.25) is 0 Å². The Morgan fingerprint density at radius 2 is 2.14 bits per heavy atom. The zero-order valence-electron chi connectivity index (χ0n) is 11.8. The van der Waals surface area contributed by atoms with Gasteiger partial charge in [-0.15, -0.1) is 0 Å². The molecule has 0 saturated heterocycles. The van der Waals surface area contributed by atoms with Gasteiger partial charge in [0.05, 0.1) is 0 Å². The Kier molecular flexibility index (Phi) is 4.51. The zero-order valence-corrected chi connectivity index (χ0v) is 14.3. The molecule has 21 heavy (non-hydrogen) atoms. The summed E-state index contributed by atoms with van der Waals surface area (Å²) in [5.74, 6) is -1.72. The van der Waals surface area contributed by atoms with Crippen molar-refractivity contribution in [3.8, 4) is 0 Å². The molecule has 118 valence electrons. The van der Waals surface area contributed by atoms with E-state index in [1.165, 1.54) is 0 Å². The monoisotopic (exact) mass is 379 g/mol. The van der Waals surface area contributed by atoms with Crippen LogP contribution in [0.5, 0.6) is 0 Å². The van der Waals surface area contributed by atoms with Crippen molar-refractivity contribution >= 4 is 31.9 Å². The SMILES string of the molecule is CC1(C)CCCCC1NS(=O)(=O)c1cc(C(=O)O)oc1Br. The van der Waals surface area contributed by atoms with E-state index in [2.05, 4.69) is 20.7 Å². The average molecular weight is 380 g/mol. The molecule has 1 saturated carbocycles. The van der Waals surface area contributed by atoms with E-state index in [0.29, 0.717) is 0 Å². The number of hydrogen-bond donors (Lipinski definition) is 2. The molecule has 1 heterocycles. The minimum atomic E-state index is -3.83. The molecule has 1 fully saturated rings. The van der Waals surface area contributed by atoms with Gasteiger partial charge in [-0.05, 0) is 34.2 Å². The molecule has 2 N–H and O–H groups in total. The summed E-state index contributed by atoms with van der Waals surface area (Å²) in [6.45, 7) is 4.07. The fourth-order valence-electron chi connectivity index (χ4n) is 2.60. The van der Waals surface area contributed by atoms with Crippen LogP contribution in [-0.2, 0) is 10.0 Å². The highest BCUT2D eigenvalue weighted by atomic mass is 79.9. The van der Waals surface area contributed by atoms with Crippen molar-refractivity contribution in [3.63, 3.8) is 0 Å². The van der Waals surface area contributed by atoms with E-state index in [1.54, 1.807) is 0 Å². The van der Waals surface area contributed by atoms with Crippen molar-refractivity contribution in [2.24, 2.45) is 5.41 Å². The number of furan rings is 1. The highest BCUT2D eigenvalue weighted by molar-refractivity contribution is 9.10. The van der Waals surface area contributed by atoms with Crippen LogP contribution in [0.25, 0.3) is 0 Å². The minimum Gasteiger partial charge on any atom is -0.475 e. The fraction of sp³-hybridized carbons (Fsp3) is 0.615. The summed E-state index contributed by atoms with van der Waals surface area (Å²) < 4.78 is 32.4. The van der Waals surface area contributed by atoms with Crippen LogP contribution in [0.15, 0.2) is 20.0 Å². The lowest BCUT2D eigenvalue weighted by Gasteiger charge is -2.38. The van der Waals surface area contributed by atoms with E-state index in [0.717, 1.165) is 31.7 Å². The first-order valence-electron chi connectivity index (χ1n) is 6.68. The van der Waals surface area contributed by atoms with Crippen LogP contribution in [0.2, 0.25) is 0 Å². The van der Waals surface area contributed by atoms with Crippen molar-refractivity contribution in [3.05, 3.63) is 16.5 Å². The molecule has 0 radical (unpaired) electrons. The summed E-state index contributed by atoms with van der Waals surface area (Å²) in [6, 6.07) is 0.844. The van der Waals surface area contributed by atoms with Gasteiger partial charge in [0.25, 0.3) is 0 Å². The van der Waals surface area contributed by atoms with E-state index in [4.69, 9.17) is 9.52 Å². The van der Waals surface area contributed by atoms with E-state index in [9.17, 15) is 13.2 Å². The first-order valence-corrected chi connectivity index (χ1v) is 8.96. The van der Waals surface area contributed by atoms with E-state index < -0.39 is 21.8 Å². The molecule has 0 spiro atoms. The standard InChI is InChI=1S/C13H18BrNO5S/c1-13(2)6-4-3-5-10(13)15-21(18,19)9-7-8(12(16)17)20-11(9)14/h7,10,15H,3-6H2,1-2H3,(H,16,17). The van der Waals surface area contributed by atoms with Gasteiger partial charge in [-0.25, -0.2) is 17.9 Å². The normalized spacial score (nSPS) is 22.1. The molecule has 0 aliphatic heterocycles. The molecule has 1 unspecified atom stereocenters. The summed E-state index contributed by atoms with van der Waals surface area (Å²) in [5, 5.41) is 8.86. The minimum absolute atomic E-state index is 0.0963. The number of aromatic carboxylic acids is 1. The summed E-state index contributed by atoms with van der Waals surface area (Å²) in [4.78, 5) is 10.7. The van der Waals surface area contributed by atoms with Gasteiger partial charge < -0.3 is 9.52 Å². The van der Waals surface area contributed by atoms with Gasteiger partial charge in [0.1, 0.15) is 4.90 Å². The van der Waals surface area contributed by atoms with Crippen LogP contribution in [-0.4, -0.2) is 25.5 Å². The predicted molar refractivity (Wildman–Crippen MR) is 79.7 cm³/mol. The largest absolute Gasteiger partial charge is 0.475 e. The molecule has 0 aromatic carbocycles. The lowest BCUT2D eigenvalue weighted by atomic mass is 9.74. The number of carboxylic acid groups (broad SMARTS) is 1. The summed E-state index contributed by atoms with van der Waals surface area (Å²) in [7, 11) is -3.83. The summed E-state index contributed by atoms with van der Waals surface area (Å²) in [5.41, 5.74) is -0.128. The molecule has 1 aromatic rings. The maximum atomic E-state index is 12.5. The summed E-state index contributed by atoms with van der Waals surface area (Å²) in [6.07, 6.45) is 3.79. The molecule has 2 rings (SSSR count). The second kappa shape index (κ2) is 5.73. The van der Waals surface area contributed by atoms with E-state index >= 15 is 0 Å². The number of carbonyl (C=O) groups is 1. The van der Waals surface area contributed by atoms with E-state index in [1.807, 2.05) is 13.8 Å².